The highest BCUT2D eigenvalue weighted by molar-refractivity contribution is 5.62. The Kier molecular flexibility index (Phi) is 4.07. The van der Waals surface area contributed by atoms with Crippen LogP contribution in [0.5, 0.6) is 11.5 Å². The van der Waals surface area contributed by atoms with Crippen LogP contribution in [-0.4, -0.2) is 80.3 Å². The number of piperidine rings is 1. The van der Waals surface area contributed by atoms with Gasteiger partial charge in [0.1, 0.15) is 6.10 Å². The van der Waals surface area contributed by atoms with Crippen molar-refractivity contribution in [1.82, 2.24) is 19.6 Å². The lowest BCUT2D eigenvalue weighted by Crippen LogP contribution is -2.74. The van der Waals surface area contributed by atoms with Crippen molar-refractivity contribution in [3.8, 4) is 11.5 Å². The molecule has 1 aromatic heterocycles. The average molecular weight is 437 g/mol. The summed E-state index contributed by atoms with van der Waals surface area (Å²) in [6.45, 7) is 5.44. The molecule has 1 spiro atoms. The second kappa shape index (κ2) is 6.72. The van der Waals surface area contributed by atoms with E-state index in [-0.39, 0.29) is 17.9 Å². The summed E-state index contributed by atoms with van der Waals surface area (Å²) in [5.41, 5.74) is 1.11. The van der Waals surface area contributed by atoms with E-state index in [1.165, 1.54) is 18.4 Å². The van der Waals surface area contributed by atoms with Gasteiger partial charge in [0.25, 0.3) is 0 Å². The normalized spacial score (nSPS) is 35.9. The maximum absolute atomic E-state index is 12.6. The smallest absolute Gasteiger partial charge is 0.165 e. The van der Waals surface area contributed by atoms with Gasteiger partial charge < -0.3 is 14.9 Å². The second-order valence-corrected chi connectivity index (χ2v) is 10.7. The van der Waals surface area contributed by atoms with E-state index in [1.807, 2.05) is 23.1 Å². The number of nitrogens with zero attached hydrogens (tertiary/aromatic N) is 4. The Morgan fingerprint density at radius 3 is 2.88 bits per heavy atom. The Hall–Kier alpha value is -2.09. The van der Waals surface area contributed by atoms with Crippen molar-refractivity contribution in [3.63, 3.8) is 0 Å². The van der Waals surface area contributed by atoms with E-state index in [4.69, 9.17) is 4.74 Å². The van der Waals surface area contributed by atoms with E-state index in [9.17, 15) is 10.2 Å². The lowest BCUT2D eigenvalue weighted by atomic mass is 9.52. The van der Waals surface area contributed by atoms with Gasteiger partial charge in [-0.05, 0) is 62.3 Å². The molecule has 32 heavy (non-hydrogen) atoms. The van der Waals surface area contributed by atoms with Crippen LogP contribution in [0.15, 0.2) is 30.6 Å². The number of hydrogen-bond acceptors (Lipinski definition) is 6. The fraction of sp³-hybridized carbons (Fsp3) is 0.640. The van der Waals surface area contributed by atoms with Gasteiger partial charge in [-0.1, -0.05) is 6.07 Å². The summed E-state index contributed by atoms with van der Waals surface area (Å²) in [4.78, 5) is 5.02. The van der Waals surface area contributed by atoms with Crippen LogP contribution in [0, 0.1) is 5.92 Å². The molecule has 0 amide bonds. The number of phenolic OH excluding ortho intramolecular Hbond substituents is 1. The minimum Gasteiger partial charge on any atom is -0.504 e. The number of ether oxygens (including phenoxy) is 1. The van der Waals surface area contributed by atoms with Crippen LogP contribution in [0.3, 0.4) is 0 Å². The zero-order chi connectivity index (χ0) is 21.5. The van der Waals surface area contributed by atoms with Crippen LogP contribution in [0.4, 0.5) is 0 Å². The van der Waals surface area contributed by atoms with E-state index in [1.54, 1.807) is 6.07 Å². The molecule has 2 saturated heterocycles. The first-order valence-corrected chi connectivity index (χ1v) is 12.3. The maximum atomic E-state index is 12.6. The average Bonchev–Trinajstić information content (AvgIpc) is 3.35. The molecule has 0 unspecified atom stereocenters. The summed E-state index contributed by atoms with van der Waals surface area (Å²) in [6.07, 6.45) is 8.82. The molecule has 1 saturated carbocycles. The van der Waals surface area contributed by atoms with Crippen LogP contribution in [0.25, 0.3) is 0 Å². The van der Waals surface area contributed by atoms with Crippen LogP contribution < -0.4 is 4.74 Å². The van der Waals surface area contributed by atoms with Gasteiger partial charge >= 0.3 is 0 Å². The summed E-state index contributed by atoms with van der Waals surface area (Å²) >= 11 is 0. The molecule has 5 aliphatic rings. The largest absolute Gasteiger partial charge is 0.504 e. The van der Waals surface area contributed by atoms with E-state index in [2.05, 4.69) is 21.0 Å². The number of phenols is 1. The minimum absolute atomic E-state index is 0.122. The molecule has 7 nitrogen and oxygen atoms in total. The number of aromatic nitrogens is 2. The molecule has 2 aliphatic carbocycles. The van der Waals surface area contributed by atoms with E-state index in [0.717, 1.165) is 70.0 Å². The molecule has 2 aromatic rings. The van der Waals surface area contributed by atoms with Crippen LogP contribution in [0.1, 0.15) is 36.8 Å². The van der Waals surface area contributed by atoms with Crippen molar-refractivity contribution < 1.29 is 14.9 Å². The lowest BCUT2D eigenvalue weighted by Gasteiger charge is -2.60. The number of likely N-dealkylation sites (tertiary alicyclic amines) is 2. The van der Waals surface area contributed by atoms with Crippen molar-refractivity contribution >= 4 is 0 Å². The Morgan fingerprint density at radius 1 is 1.16 bits per heavy atom. The van der Waals surface area contributed by atoms with Gasteiger partial charge in [-0.3, -0.25) is 14.5 Å². The summed E-state index contributed by atoms with van der Waals surface area (Å²) in [5.74, 6) is 1.65. The second-order valence-electron chi connectivity index (χ2n) is 10.7. The van der Waals surface area contributed by atoms with Crippen molar-refractivity contribution in [3.05, 3.63) is 41.7 Å². The van der Waals surface area contributed by atoms with Gasteiger partial charge in [0, 0.05) is 50.2 Å². The highest BCUT2D eigenvalue weighted by atomic mass is 16.5. The van der Waals surface area contributed by atoms with Crippen LogP contribution in [-0.2, 0) is 18.4 Å². The first-order valence-electron chi connectivity index (χ1n) is 12.3. The first kappa shape index (κ1) is 19.4. The molecule has 4 heterocycles. The topological polar surface area (TPSA) is 74.0 Å². The molecule has 170 valence electrons. The third kappa shape index (κ3) is 2.56. The minimum atomic E-state index is -0.836. The predicted octanol–water partition coefficient (Wildman–Crippen LogP) is 1.76. The fourth-order valence-corrected chi connectivity index (χ4v) is 7.34. The van der Waals surface area contributed by atoms with E-state index >= 15 is 0 Å². The van der Waals surface area contributed by atoms with Gasteiger partial charge in [-0.25, -0.2) is 0 Å². The van der Waals surface area contributed by atoms with Crippen molar-refractivity contribution in [2.24, 2.45) is 5.92 Å². The van der Waals surface area contributed by atoms with Crippen LogP contribution in [0.2, 0.25) is 0 Å². The Bertz CT molecular complexity index is 1040. The van der Waals surface area contributed by atoms with Crippen molar-refractivity contribution in [2.75, 3.05) is 32.7 Å². The standard InChI is InChI=1S/C25H32N4O3/c30-19-5-4-18-14-20-25(31)7-10-27(12-13-29-9-1-8-26-29)16-21-24(25,22(18)23(19)32-21)6-11-28(20)15-17-2-3-17/h1,4-5,8-9,17,20-21,30-31H,2-3,6-7,10-16H2/t20-,21+,24-,25-/m1/s1. The monoisotopic (exact) mass is 436 g/mol. The van der Waals surface area contributed by atoms with Gasteiger partial charge in [-0.2, -0.15) is 5.10 Å². The summed E-state index contributed by atoms with van der Waals surface area (Å²) in [5, 5.41) is 27.7. The Morgan fingerprint density at radius 2 is 2.06 bits per heavy atom. The van der Waals surface area contributed by atoms with Crippen molar-refractivity contribution in [1.29, 1.82) is 0 Å². The summed E-state index contributed by atoms with van der Waals surface area (Å²) in [6, 6.07) is 5.94. The Labute approximate surface area is 188 Å². The predicted molar refractivity (Wildman–Crippen MR) is 119 cm³/mol. The van der Waals surface area contributed by atoms with Gasteiger partial charge in [-0.15, -0.1) is 0 Å². The highest BCUT2D eigenvalue weighted by Gasteiger charge is 2.70. The zero-order valence-corrected chi connectivity index (χ0v) is 18.5. The molecule has 0 radical (unpaired) electrons. The molecule has 4 atom stereocenters. The third-order valence-corrected chi connectivity index (χ3v) is 9.08. The highest BCUT2D eigenvalue weighted by Crippen LogP contribution is 2.63. The number of rotatable bonds is 5. The van der Waals surface area contributed by atoms with E-state index < -0.39 is 11.0 Å². The SMILES string of the molecule is Oc1ccc2c3c1O[C@H]1CN(CCn4cccn4)CC[C@@]4(O)[C@@H](C2)N(CC2CC2)CC[C@]314. The quantitative estimate of drug-likeness (QED) is 0.744. The number of hydrogen-bond donors (Lipinski definition) is 2. The first-order chi connectivity index (χ1) is 15.6. The lowest BCUT2D eigenvalue weighted by molar-refractivity contribution is -0.162. The molecule has 7 rings (SSSR count). The molecule has 3 aliphatic heterocycles. The maximum Gasteiger partial charge on any atom is 0.165 e. The third-order valence-electron chi connectivity index (χ3n) is 9.08. The zero-order valence-electron chi connectivity index (χ0n) is 18.5. The van der Waals surface area contributed by atoms with Crippen LogP contribution >= 0.6 is 0 Å². The summed E-state index contributed by atoms with van der Waals surface area (Å²) < 4.78 is 8.53. The summed E-state index contributed by atoms with van der Waals surface area (Å²) in [7, 11) is 0. The molecule has 1 aromatic carbocycles. The molecule has 2 N–H and O–H groups in total. The number of aromatic hydroxyl groups is 1. The number of aliphatic hydroxyl groups is 1. The molecule has 7 heteroatoms. The fourth-order valence-electron chi connectivity index (χ4n) is 7.34. The van der Waals surface area contributed by atoms with Gasteiger partial charge in [0.2, 0.25) is 0 Å². The molecule has 3 fully saturated rings. The van der Waals surface area contributed by atoms with Gasteiger partial charge in [0.15, 0.2) is 11.5 Å². The van der Waals surface area contributed by atoms with E-state index in [0.29, 0.717) is 5.75 Å². The molecule has 2 bridgehead atoms. The van der Waals surface area contributed by atoms with Crippen molar-refractivity contribution in [2.45, 2.75) is 61.8 Å². The molecular formula is C25H32N4O3. The van der Waals surface area contributed by atoms with Gasteiger partial charge in [0.05, 0.1) is 17.6 Å². The molecular weight excluding hydrogens is 404 g/mol. The number of benzene rings is 1. The Balaban J connectivity index is 1.29.